The highest BCUT2D eigenvalue weighted by Gasteiger charge is 2.30. The van der Waals surface area contributed by atoms with Crippen LogP contribution >= 0.6 is 39.9 Å². The standard InChI is InChI=1S/C19H26BrFN4O2.HI/c1-22-19(23-13-14-2-3-16(20)17(21)12-14)25-6-4-15(5-7-25)18(26)24-8-10-27-11-9-24;/h2-3,12,15H,4-11,13H2,1H3,(H,22,23);1H. The van der Waals surface area contributed by atoms with E-state index in [2.05, 4.69) is 31.1 Å². The molecule has 6 nitrogen and oxygen atoms in total. The Kier molecular flexibility index (Phi) is 9.42. The molecule has 1 aromatic rings. The number of likely N-dealkylation sites (tertiary alicyclic amines) is 1. The summed E-state index contributed by atoms with van der Waals surface area (Å²) in [6.45, 7) is 4.75. The van der Waals surface area contributed by atoms with Crippen LogP contribution < -0.4 is 5.32 Å². The molecule has 1 amide bonds. The van der Waals surface area contributed by atoms with Crippen LogP contribution in [0, 0.1) is 11.7 Å². The Morgan fingerprint density at radius 3 is 2.54 bits per heavy atom. The van der Waals surface area contributed by atoms with Crippen LogP contribution in [0.5, 0.6) is 0 Å². The Morgan fingerprint density at radius 1 is 1.25 bits per heavy atom. The number of piperidine rings is 1. The van der Waals surface area contributed by atoms with Crippen LogP contribution in [0.25, 0.3) is 0 Å². The number of guanidine groups is 1. The number of halogens is 3. The second-order valence-corrected chi connectivity index (χ2v) is 7.70. The number of ether oxygens (including phenoxy) is 1. The molecule has 9 heteroatoms. The smallest absolute Gasteiger partial charge is 0.225 e. The molecule has 0 aromatic heterocycles. The van der Waals surface area contributed by atoms with E-state index in [1.807, 2.05) is 11.0 Å². The molecule has 2 saturated heterocycles. The molecule has 0 radical (unpaired) electrons. The number of hydrogen-bond donors (Lipinski definition) is 1. The number of rotatable bonds is 3. The van der Waals surface area contributed by atoms with Gasteiger partial charge in [0.15, 0.2) is 5.96 Å². The third-order valence-electron chi connectivity index (χ3n) is 5.11. The maximum atomic E-state index is 13.7. The van der Waals surface area contributed by atoms with Gasteiger partial charge in [-0.3, -0.25) is 9.79 Å². The van der Waals surface area contributed by atoms with E-state index in [0.717, 1.165) is 37.5 Å². The third-order valence-corrected chi connectivity index (χ3v) is 5.76. The molecule has 2 fully saturated rings. The summed E-state index contributed by atoms with van der Waals surface area (Å²) in [6.07, 6.45) is 1.65. The van der Waals surface area contributed by atoms with Gasteiger partial charge in [0.25, 0.3) is 0 Å². The SMILES string of the molecule is CN=C(NCc1ccc(Br)c(F)c1)N1CCC(C(=O)N2CCOCC2)CC1.I. The molecule has 2 aliphatic heterocycles. The van der Waals surface area contributed by atoms with Crippen LogP contribution in [-0.2, 0) is 16.1 Å². The average Bonchev–Trinajstić information content (AvgIpc) is 2.71. The van der Waals surface area contributed by atoms with Crippen molar-refractivity contribution in [3.05, 3.63) is 34.1 Å². The minimum Gasteiger partial charge on any atom is -0.378 e. The topological polar surface area (TPSA) is 57.2 Å². The van der Waals surface area contributed by atoms with Gasteiger partial charge in [-0.15, -0.1) is 24.0 Å². The van der Waals surface area contributed by atoms with Crippen LogP contribution in [0.3, 0.4) is 0 Å². The second-order valence-electron chi connectivity index (χ2n) is 6.85. The first-order valence-corrected chi connectivity index (χ1v) is 10.1. The maximum absolute atomic E-state index is 13.7. The minimum atomic E-state index is -0.272. The predicted octanol–water partition coefficient (Wildman–Crippen LogP) is 2.85. The van der Waals surface area contributed by atoms with E-state index in [-0.39, 0.29) is 41.6 Å². The van der Waals surface area contributed by atoms with Crippen molar-refractivity contribution in [2.75, 3.05) is 46.4 Å². The highest BCUT2D eigenvalue weighted by molar-refractivity contribution is 14.0. The van der Waals surface area contributed by atoms with Crippen LogP contribution in [-0.4, -0.2) is 68.1 Å². The van der Waals surface area contributed by atoms with Crippen molar-refractivity contribution in [2.24, 2.45) is 10.9 Å². The average molecular weight is 569 g/mol. The summed E-state index contributed by atoms with van der Waals surface area (Å²) in [6, 6.07) is 5.09. The van der Waals surface area contributed by atoms with Gasteiger partial charge in [0, 0.05) is 45.7 Å². The molecule has 2 aliphatic rings. The van der Waals surface area contributed by atoms with E-state index in [4.69, 9.17) is 4.74 Å². The van der Waals surface area contributed by atoms with Crippen molar-refractivity contribution in [2.45, 2.75) is 19.4 Å². The number of aliphatic imine (C=N–C) groups is 1. The zero-order valence-electron chi connectivity index (χ0n) is 16.0. The molecule has 0 saturated carbocycles. The van der Waals surface area contributed by atoms with E-state index in [1.165, 1.54) is 6.07 Å². The van der Waals surface area contributed by atoms with E-state index in [0.29, 0.717) is 37.3 Å². The van der Waals surface area contributed by atoms with E-state index < -0.39 is 0 Å². The van der Waals surface area contributed by atoms with Crippen molar-refractivity contribution in [3.8, 4) is 0 Å². The molecular formula is C19H27BrFIN4O2. The zero-order chi connectivity index (χ0) is 19.2. The lowest BCUT2D eigenvalue weighted by Gasteiger charge is -2.36. The Labute approximate surface area is 191 Å². The van der Waals surface area contributed by atoms with Gasteiger partial charge >= 0.3 is 0 Å². The predicted molar refractivity (Wildman–Crippen MR) is 121 cm³/mol. The number of carbonyl (C=O) groups excluding carboxylic acids is 1. The first-order valence-electron chi connectivity index (χ1n) is 9.34. The summed E-state index contributed by atoms with van der Waals surface area (Å²) in [4.78, 5) is 21.1. The fourth-order valence-electron chi connectivity index (χ4n) is 3.54. The minimum absolute atomic E-state index is 0. The van der Waals surface area contributed by atoms with Crippen molar-refractivity contribution in [3.63, 3.8) is 0 Å². The van der Waals surface area contributed by atoms with Crippen molar-refractivity contribution in [1.29, 1.82) is 0 Å². The fraction of sp³-hybridized carbons (Fsp3) is 0.579. The molecule has 2 heterocycles. The largest absolute Gasteiger partial charge is 0.378 e. The van der Waals surface area contributed by atoms with Gasteiger partial charge in [-0.05, 0) is 46.5 Å². The van der Waals surface area contributed by atoms with Crippen LogP contribution in [0.1, 0.15) is 18.4 Å². The molecule has 156 valence electrons. The van der Waals surface area contributed by atoms with Gasteiger partial charge in [-0.1, -0.05) is 6.07 Å². The molecule has 0 atom stereocenters. The van der Waals surface area contributed by atoms with Gasteiger partial charge in [-0.25, -0.2) is 4.39 Å². The second kappa shape index (κ2) is 11.3. The first-order chi connectivity index (χ1) is 13.1. The number of nitrogens with one attached hydrogen (secondary N) is 1. The van der Waals surface area contributed by atoms with Crippen LogP contribution in [0.4, 0.5) is 4.39 Å². The van der Waals surface area contributed by atoms with Crippen molar-refractivity contribution >= 4 is 51.8 Å². The lowest BCUT2D eigenvalue weighted by Crippen LogP contribution is -2.49. The molecule has 0 unspecified atom stereocenters. The molecule has 0 spiro atoms. The van der Waals surface area contributed by atoms with E-state index in [1.54, 1.807) is 13.1 Å². The summed E-state index contributed by atoms with van der Waals surface area (Å²) >= 11 is 3.17. The van der Waals surface area contributed by atoms with Crippen molar-refractivity contribution < 1.29 is 13.9 Å². The summed E-state index contributed by atoms with van der Waals surface area (Å²) in [5.74, 6) is 0.853. The quantitative estimate of drug-likeness (QED) is 0.346. The monoisotopic (exact) mass is 568 g/mol. The normalized spacial score (nSPS) is 18.6. The zero-order valence-corrected chi connectivity index (χ0v) is 19.9. The number of morpholine rings is 1. The van der Waals surface area contributed by atoms with Crippen LogP contribution in [0.2, 0.25) is 0 Å². The Balaban J connectivity index is 0.00000280. The number of nitrogens with zero attached hydrogens (tertiary/aromatic N) is 3. The van der Waals surface area contributed by atoms with Gasteiger partial charge < -0.3 is 19.9 Å². The molecule has 1 aromatic carbocycles. The molecule has 0 aliphatic carbocycles. The molecule has 0 bridgehead atoms. The number of benzene rings is 1. The van der Waals surface area contributed by atoms with Gasteiger partial charge in [0.05, 0.1) is 17.7 Å². The highest BCUT2D eigenvalue weighted by Crippen LogP contribution is 2.21. The number of carbonyl (C=O) groups is 1. The Bertz CT molecular complexity index is 693. The summed E-state index contributed by atoms with van der Waals surface area (Å²) in [5, 5.41) is 3.29. The number of amides is 1. The first kappa shape index (κ1) is 23.3. The van der Waals surface area contributed by atoms with Crippen LogP contribution in [0.15, 0.2) is 27.7 Å². The number of hydrogen-bond acceptors (Lipinski definition) is 3. The summed E-state index contributed by atoms with van der Waals surface area (Å²) < 4.78 is 19.4. The Morgan fingerprint density at radius 2 is 1.93 bits per heavy atom. The fourth-order valence-corrected chi connectivity index (χ4v) is 3.79. The Hall–Kier alpha value is -0.940. The van der Waals surface area contributed by atoms with Crippen molar-refractivity contribution in [1.82, 2.24) is 15.1 Å². The van der Waals surface area contributed by atoms with Gasteiger partial charge in [-0.2, -0.15) is 0 Å². The van der Waals surface area contributed by atoms with Gasteiger partial charge in [0.2, 0.25) is 5.91 Å². The van der Waals surface area contributed by atoms with E-state index >= 15 is 0 Å². The molecular weight excluding hydrogens is 542 g/mol. The lowest BCUT2D eigenvalue weighted by atomic mass is 9.95. The molecule has 1 N–H and O–H groups in total. The lowest BCUT2D eigenvalue weighted by molar-refractivity contribution is -0.140. The maximum Gasteiger partial charge on any atom is 0.225 e. The van der Waals surface area contributed by atoms with E-state index in [9.17, 15) is 9.18 Å². The highest BCUT2D eigenvalue weighted by atomic mass is 127. The summed E-state index contributed by atoms with van der Waals surface area (Å²) in [5.41, 5.74) is 0.856. The molecule has 3 rings (SSSR count). The summed E-state index contributed by atoms with van der Waals surface area (Å²) in [7, 11) is 1.75. The van der Waals surface area contributed by atoms with Gasteiger partial charge in [0.1, 0.15) is 5.82 Å². The molecule has 28 heavy (non-hydrogen) atoms. The third kappa shape index (κ3) is 6.03.